The lowest BCUT2D eigenvalue weighted by molar-refractivity contribution is -0.141. The molecule has 13 heteroatoms. The summed E-state index contributed by atoms with van der Waals surface area (Å²) < 4.78 is 70.8. The first-order valence-corrected chi connectivity index (χ1v) is 13.2. The second kappa shape index (κ2) is 9.82. The predicted molar refractivity (Wildman–Crippen MR) is 125 cm³/mol. The van der Waals surface area contributed by atoms with Crippen molar-refractivity contribution in [3.63, 3.8) is 0 Å². The van der Waals surface area contributed by atoms with Crippen LogP contribution in [0, 0.1) is 6.92 Å². The molecular formula is C22H25ClF3N5O3S. The molecule has 1 unspecified atom stereocenters. The van der Waals surface area contributed by atoms with E-state index in [0.717, 1.165) is 43.1 Å². The molecule has 1 N–H and O–H groups in total. The molecule has 1 aliphatic rings. The number of nitrogens with one attached hydrogen (secondary N) is 1. The molecular weight excluding hydrogens is 507 g/mol. The van der Waals surface area contributed by atoms with E-state index in [1.165, 1.54) is 11.5 Å². The highest BCUT2D eigenvalue weighted by atomic mass is 35.5. The van der Waals surface area contributed by atoms with E-state index >= 15 is 0 Å². The Morgan fingerprint density at radius 3 is 2.49 bits per heavy atom. The standard InChI is InChI=1S/C22H25ClF3N5O3S/c1-14-28-19(22(24,25)26)13-30(14)20(10-11-34-35(2,32)33)29-18-12-27-31(21(18)15-4-3-5-15)17-8-6-16(23)7-9-17/h6-9,12-13,15,20,29H,3-5,10-11H2,1-2H3. The molecule has 8 nitrogen and oxygen atoms in total. The van der Waals surface area contributed by atoms with Gasteiger partial charge in [-0.1, -0.05) is 18.0 Å². The van der Waals surface area contributed by atoms with E-state index < -0.39 is 28.2 Å². The number of hydrogen-bond donors (Lipinski definition) is 1. The molecule has 2 aromatic heterocycles. The fraction of sp³-hybridized carbons (Fsp3) is 0.455. The van der Waals surface area contributed by atoms with Gasteiger partial charge in [-0.3, -0.25) is 4.18 Å². The maximum atomic E-state index is 13.3. The van der Waals surface area contributed by atoms with Crippen LogP contribution in [0.3, 0.4) is 0 Å². The normalized spacial score (nSPS) is 15.7. The van der Waals surface area contributed by atoms with Gasteiger partial charge in [0.05, 0.1) is 36.1 Å². The summed E-state index contributed by atoms with van der Waals surface area (Å²) in [5, 5.41) is 8.40. The van der Waals surface area contributed by atoms with Crippen LogP contribution in [0.1, 0.15) is 55.0 Å². The first-order chi connectivity index (χ1) is 16.4. The summed E-state index contributed by atoms with van der Waals surface area (Å²) in [4.78, 5) is 3.65. The van der Waals surface area contributed by atoms with E-state index in [4.69, 9.17) is 15.8 Å². The topological polar surface area (TPSA) is 91.0 Å². The van der Waals surface area contributed by atoms with Crippen LogP contribution in [-0.2, 0) is 20.5 Å². The zero-order valence-corrected chi connectivity index (χ0v) is 20.7. The van der Waals surface area contributed by atoms with Gasteiger partial charge in [-0.25, -0.2) is 9.67 Å². The van der Waals surface area contributed by atoms with Gasteiger partial charge in [-0.15, -0.1) is 0 Å². The summed E-state index contributed by atoms with van der Waals surface area (Å²) in [6, 6.07) is 7.20. The molecule has 1 atom stereocenters. The monoisotopic (exact) mass is 531 g/mol. The average Bonchev–Trinajstić information content (AvgIpc) is 3.30. The van der Waals surface area contributed by atoms with Gasteiger partial charge >= 0.3 is 6.18 Å². The molecule has 35 heavy (non-hydrogen) atoms. The minimum Gasteiger partial charge on any atom is -0.362 e. The summed E-state index contributed by atoms with van der Waals surface area (Å²) in [6.07, 6.45) is 1.14. The Bertz CT molecular complexity index is 1280. The molecule has 0 amide bonds. The average molecular weight is 532 g/mol. The van der Waals surface area contributed by atoms with Crippen molar-refractivity contribution >= 4 is 27.4 Å². The third-order valence-corrected chi connectivity index (χ3v) is 6.77. The number of aryl methyl sites for hydroxylation is 1. The highest BCUT2D eigenvalue weighted by molar-refractivity contribution is 7.85. The molecule has 190 valence electrons. The second-order valence-electron chi connectivity index (χ2n) is 8.51. The molecule has 0 saturated heterocycles. The van der Waals surface area contributed by atoms with E-state index in [2.05, 4.69) is 15.4 Å². The summed E-state index contributed by atoms with van der Waals surface area (Å²) in [7, 11) is -3.71. The van der Waals surface area contributed by atoms with Crippen molar-refractivity contribution in [1.82, 2.24) is 19.3 Å². The Morgan fingerprint density at radius 1 is 1.26 bits per heavy atom. The number of anilines is 1. The zero-order chi connectivity index (χ0) is 25.4. The van der Waals surface area contributed by atoms with E-state index in [1.54, 1.807) is 23.0 Å². The summed E-state index contributed by atoms with van der Waals surface area (Å²) in [5.74, 6) is 0.350. The van der Waals surface area contributed by atoms with Crippen molar-refractivity contribution in [3.8, 4) is 5.69 Å². The van der Waals surface area contributed by atoms with Gasteiger partial charge in [0.2, 0.25) is 0 Å². The van der Waals surface area contributed by atoms with Gasteiger partial charge < -0.3 is 9.88 Å². The number of imidazole rings is 1. The SMILES string of the molecule is Cc1nc(C(F)(F)F)cn1C(CCOS(C)(=O)=O)Nc1cnn(-c2ccc(Cl)cc2)c1C1CCC1. The third kappa shape index (κ3) is 5.99. The molecule has 3 aromatic rings. The molecule has 1 aromatic carbocycles. The van der Waals surface area contributed by atoms with Crippen molar-refractivity contribution in [2.75, 3.05) is 18.2 Å². The van der Waals surface area contributed by atoms with Gasteiger partial charge in [0.25, 0.3) is 10.1 Å². The van der Waals surface area contributed by atoms with E-state index in [0.29, 0.717) is 10.7 Å². The summed E-state index contributed by atoms with van der Waals surface area (Å²) in [5.41, 5.74) is 1.33. The van der Waals surface area contributed by atoms with E-state index in [9.17, 15) is 21.6 Å². The minimum absolute atomic E-state index is 0.0673. The number of aromatic nitrogens is 4. The van der Waals surface area contributed by atoms with Crippen LogP contribution < -0.4 is 5.32 Å². The van der Waals surface area contributed by atoms with Gasteiger partial charge in [0.15, 0.2) is 5.69 Å². The lowest BCUT2D eigenvalue weighted by Crippen LogP contribution is -2.23. The largest absolute Gasteiger partial charge is 0.434 e. The second-order valence-corrected chi connectivity index (χ2v) is 10.6. The maximum Gasteiger partial charge on any atom is 0.434 e. The fourth-order valence-corrected chi connectivity index (χ4v) is 4.57. The fourth-order valence-electron chi connectivity index (χ4n) is 4.04. The van der Waals surface area contributed by atoms with Gasteiger partial charge in [0.1, 0.15) is 12.0 Å². The lowest BCUT2D eigenvalue weighted by atomic mass is 9.82. The number of alkyl halides is 3. The number of hydrogen-bond acceptors (Lipinski definition) is 6. The Labute approximate surface area is 206 Å². The van der Waals surface area contributed by atoms with Crippen LogP contribution in [0.15, 0.2) is 36.7 Å². The minimum atomic E-state index is -4.61. The van der Waals surface area contributed by atoms with Crippen LogP contribution >= 0.6 is 11.6 Å². The number of nitrogens with zero attached hydrogens (tertiary/aromatic N) is 4. The molecule has 0 aliphatic heterocycles. The van der Waals surface area contributed by atoms with Crippen molar-refractivity contribution in [2.24, 2.45) is 0 Å². The number of halogens is 4. The quantitative estimate of drug-likeness (QED) is 0.377. The molecule has 0 spiro atoms. The van der Waals surface area contributed by atoms with Crippen LogP contribution in [-0.4, -0.2) is 40.6 Å². The highest BCUT2D eigenvalue weighted by Crippen LogP contribution is 2.42. The van der Waals surface area contributed by atoms with E-state index in [-0.39, 0.29) is 24.8 Å². The van der Waals surface area contributed by atoms with Crippen molar-refractivity contribution in [2.45, 2.75) is 50.9 Å². The highest BCUT2D eigenvalue weighted by Gasteiger charge is 2.35. The number of rotatable bonds is 9. The molecule has 4 rings (SSSR count). The Hall–Kier alpha value is -2.57. The number of benzene rings is 1. The molecule has 2 heterocycles. The first kappa shape index (κ1) is 25.5. The Balaban J connectivity index is 1.70. The van der Waals surface area contributed by atoms with Crippen LogP contribution in [0.25, 0.3) is 5.69 Å². The molecule has 1 fully saturated rings. The smallest absolute Gasteiger partial charge is 0.362 e. The van der Waals surface area contributed by atoms with Crippen LogP contribution in [0.5, 0.6) is 0 Å². The zero-order valence-electron chi connectivity index (χ0n) is 19.1. The molecule has 1 saturated carbocycles. The summed E-state index contributed by atoms with van der Waals surface area (Å²) >= 11 is 6.03. The molecule has 0 bridgehead atoms. The van der Waals surface area contributed by atoms with E-state index in [1.807, 2.05) is 12.1 Å². The van der Waals surface area contributed by atoms with Gasteiger partial charge in [0, 0.05) is 23.6 Å². The van der Waals surface area contributed by atoms with Gasteiger partial charge in [-0.2, -0.15) is 26.7 Å². The third-order valence-electron chi connectivity index (χ3n) is 5.92. The van der Waals surface area contributed by atoms with Crippen LogP contribution in [0.4, 0.5) is 18.9 Å². The Kier molecular flexibility index (Phi) is 7.16. The maximum absolute atomic E-state index is 13.3. The van der Waals surface area contributed by atoms with Crippen molar-refractivity contribution < 1.29 is 25.8 Å². The first-order valence-electron chi connectivity index (χ1n) is 11.0. The molecule has 1 aliphatic carbocycles. The van der Waals surface area contributed by atoms with Crippen molar-refractivity contribution in [3.05, 3.63) is 58.9 Å². The predicted octanol–water partition coefficient (Wildman–Crippen LogP) is 5.29. The lowest BCUT2D eigenvalue weighted by Gasteiger charge is -2.29. The summed E-state index contributed by atoms with van der Waals surface area (Å²) in [6.45, 7) is 1.24. The van der Waals surface area contributed by atoms with Crippen molar-refractivity contribution in [1.29, 1.82) is 0 Å². The Morgan fingerprint density at radius 2 is 1.94 bits per heavy atom. The molecule has 0 radical (unpaired) electrons. The van der Waals surface area contributed by atoms with Gasteiger partial charge in [-0.05, 0) is 44.0 Å². The van der Waals surface area contributed by atoms with Crippen LogP contribution in [0.2, 0.25) is 5.02 Å².